The molecule has 0 saturated carbocycles. The second kappa shape index (κ2) is 6.49. The van der Waals surface area contributed by atoms with Crippen LogP contribution in [0.2, 0.25) is 0 Å². The van der Waals surface area contributed by atoms with Crippen LogP contribution < -0.4 is 4.74 Å². The van der Waals surface area contributed by atoms with E-state index >= 15 is 0 Å². The molecule has 128 valence electrons. The zero-order valence-corrected chi connectivity index (χ0v) is 14.9. The van der Waals surface area contributed by atoms with Crippen molar-refractivity contribution in [1.82, 2.24) is 14.3 Å². The minimum atomic E-state index is -3.50. The molecular formula is C17H21N3O3S. The largest absolute Gasteiger partial charge is 0.473 e. The Labute approximate surface area is 142 Å². The van der Waals surface area contributed by atoms with Crippen molar-refractivity contribution in [2.75, 3.05) is 13.1 Å². The number of nitrogens with zero attached hydrogens (tertiary/aromatic N) is 3. The Hall–Kier alpha value is -1.99. The molecule has 7 heteroatoms. The summed E-state index contributed by atoms with van der Waals surface area (Å²) < 4.78 is 33.1. The highest BCUT2D eigenvalue weighted by molar-refractivity contribution is 7.89. The minimum absolute atomic E-state index is 0.195. The molecule has 0 amide bonds. The van der Waals surface area contributed by atoms with Gasteiger partial charge in [0, 0.05) is 18.8 Å². The zero-order chi connectivity index (χ0) is 17.3. The van der Waals surface area contributed by atoms with Crippen molar-refractivity contribution in [3.05, 3.63) is 47.4 Å². The highest BCUT2D eigenvalue weighted by Gasteiger charge is 2.34. The Balaban J connectivity index is 1.76. The normalized spacial score (nSPS) is 18.7. The second-order valence-electron chi connectivity index (χ2n) is 6.10. The van der Waals surface area contributed by atoms with Gasteiger partial charge in [-0.2, -0.15) is 9.29 Å². The summed E-state index contributed by atoms with van der Waals surface area (Å²) in [6, 6.07) is 7.18. The predicted molar refractivity (Wildman–Crippen MR) is 90.5 cm³/mol. The van der Waals surface area contributed by atoms with E-state index in [0.29, 0.717) is 36.1 Å². The molecule has 2 aromatic rings. The lowest BCUT2D eigenvalue weighted by atomic mass is 10.2. The molecule has 0 N–H and O–H groups in total. The van der Waals surface area contributed by atoms with Crippen LogP contribution in [0.25, 0.3) is 0 Å². The molecule has 2 heterocycles. The number of aromatic nitrogens is 2. The Morgan fingerprint density at radius 2 is 2.00 bits per heavy atom. The molecule has 0 aliphatic carbocycles. The van der Waals surface area contributed by atoms with Crippen molar-refractivity contribution in [3.63, 3.8) is 0 Å². The van der Waals surface area contributed by atoms with Crippen molar-refractivity contribution < 1.29 is 13.2 Å². The van der Waals surface area contributed by atoms with Gasteiger partial charge in [0.1, 0.15) is 11.9 Å². The number of aryl methyl sites for hydroxylation is 3. The molecule has 1 saturated heterocycles. The number of benzene rings is 1. The predicted octanol–water partition coefficient (Wildman–Crippen LogP) is 2.24. The summed E-state index contributed by atoms with van der Waals surface area (Å²) in [4.78, 5) is 8.61. The van der Waals surface area contributed by atoms with Gasteiger partial charge in [-0.3, -0.25) is 0 Å². The van der Waals surface area contributed by atoms with Crippen molar-refractivity contribution in [2.24, 2.45) is 0 Å². The van der Waals surface area contributed by atoms with Gasteiger partial charge < -0.3 is 4.74 Å². The summed E-state index contributed by atoms with van der Waals surface area (Å²) in [6.45, 7) is 6.29. The molecule has 6 nitrogen and oxygen atoms in total. The summed E-state index contributed by atoms with van der Waals surface area (Å²) in [7, 11) is -3.50. The van der Waals surface area contributed by atoms with Crippen LogP contribution in [0.4, 0.5) is 0 Å². The Morgan fingerprint density at radius 3 is 2.75 bits per heavy atom. The van der Waals surface area contributed by atoms with E-state index in [4.69, 9.17) is 4.74 Å². The SMILES string of the molecule is Cc1ccc(C)c(S(=O)(=O)N2CC[C@H](Oc3ccnc(C)n3)C2)c1. The number of hydrogen-bond acceptors (Lipinski definition) is 5. The van der Waals surface area contributed by atoms with E-state index in [1.54, 1.807) is 25.3 Å². The van der Waals surface area contributed by atoms with E-state index in [1.807, 2.05) is 26.0 Å². The van der Waals surface area contributed by atoms with E-state index in [0.717, 1.165) is 11.1 Å². The summed E-state index contributed by atoms with van der Waals surface area (Å²) in [6.07, 6.45) is 2.09. The first-order valence-electron chi connectivity index (χ1n) is 7.90. The number of ether oxygens (including phenoxy) is 1. The van der Waals surface area contributed by atoms with Crippen LogP contribution in [-0.2, 0) is 10.0 Å². The van der Waals surface area contributed by atoms with Crippen molar-refractivity contribution >= 4 is 10.0 Å². The third-order valence-corrected chi connectivity index (χ3v) is 6.11. The van der Waals surface area contributed by atoms with Crippen LogP contribution in [0.1, 0.15) is 23.4 Å². The molecule has 1 aliphatic heterocycles. The smallest absolute Gasteiger partial charge is 0.243 e. The van der Waals surface area contributed by atoms with Crippen molar-refractivity contribution in [1.29, 1.82) is 0 Å². The van der Waals surface area contributed by atoms with Crippen LogP contribution >= 0.6 is 0 Å². The van der Waals surface area contributed by atoms with Gasteiger partial charge in [0.05, 0.1) is 11.4 Å². The van der Waals surface area contributed by atoms with E-state index in [1.165, 1.54) is 4.31 Å². The lowest BCUT2D eigenvalue weighted by Gasteiger charge is -2.18. The average Bonchev–Trinajstić information content (AvgIpc) is 2.99. The van der Waals surface area contributed by atoms with Gasteiger partial charge in [0.2, 0.25) is 15.9 Å². The van der Waals surface area contributed by atoms with Gasteiger partial charge in [-0.05, 0) is 44.4 Å². The van der Waals surface area contributed by atoms with Crippen LogP contribution in [0, 0.1) is 20.8 Å². The van der Waals surface area contributed by atoms with E-state index in [-0.39, 0.29) is 6.10 Å². The van der Waals surface area contributed by atoms with Crippen LogP contribution in [0.15, 0.2) is 35.4 Å². The van der Waals surface area contributed by atoms with Gasteiger partial charge in [0.25, 0.3) is 0 Å². The summed E-state index contributed by atoms with van der Waals surface area (Å²) in [5.41, 5.74) is 1.69. The highest BCUT2D eigenvalue weighted by Crippen LogP contribution is 2.26. The van der Waals surface area contributed by atoms with Crippen molar-refractivity contribution in [3.8, 4) is 5.88 Å². The molecule has 0 bridgehead atoms. The molecule has 0 radical (unpaired) electrons. The molecule has 1 atom stereocenters. The maximum atomic E-state index is 12.9. The third kappa shape index (κ3) is 3.42. The minimum Gasteiger partial charge on any atom is -0.473 e. The molecule has 3 rings (SSSR count). The summed E-state index contributed by atoms with van der Waals surface area (Å²) in [5.74, 6) is 1.11. The maximum Gasteiger partial charge on any atom is 0.243 e. The third-order valence-electron chi connectivity index (χ3n) is 4.11. The summed E-state index contributed by atoms with van der Waals surface area (Å²) >= 11 is 0. The first-order valence-corrected chi connectivity index (χ1v) is 9.34. The van der Waals surface area contributed by atoms with E-state index in [9.17, 15) is 8.42 Å². The molecule has 1 aromatic carbocycles. The highest BCUT2D eigenvalue weighted by atomic mass is 32.2. The zero-order valence-electron chi connectivity index (χ0n) is 14.1. The second-order valence-corrected chi connectivity index (χ2v) is 8.01. The maximum absolute atomic E-state index is 12.9. The molecule has 0 spiro atoms. The van der Waals surface area contributed by atoms with Gasteiger partial charge in [-0.1, -0.05) is 12.1 Å². The van der Waals surface area contributed by atoms with Gasteiger partial charge >= 0.3 is 0 Å². The van der Waals surface area contributed by atoms with Gasteiger partial charge in [-0.15, -0.1) is 0 Å². The average molecular weight is 347 g/mol. The molecule has 24 heavy (non-hydrogen) atoms. The molecule has 1 aromatic heterocycles. The summed E-state index contributed by atoms with van der Waals surface area (Å²) in [5, 5.41) is 0. The van der Waals surface area contributed by atoms with E-state index in [2.05, 4.69) is 9.97 Å². The van der Waals surface area contributed by atoms with E-state index < -0.39 is 10.0 Å². The Bertz CT molecular complexity index is 852. The molecule has 1 aliphatic rings. The lowest BCUT2D eigenvalue weighted by Crippen LogP contribution is -2.31. The van der Waals surface area contributed by atoms with Crippen LogP contribution in [-0.4, -0.2) is 41.9 Å². The molecule has 1 fully saturated rings. The fourth-order valence-corrected chi connectivity index (χ4v) is 4.60. The van der Waals surface area contributed by atoms with Crippen molar-refractivity contribution in [2.45, 2.75) is 38.2 Å². The monoisotopic (exact) mass is 347 g/mol. The van der Waals surface area contributed by atoms with Crippen LogP contribution in [0.5, 0.6) is 5.88 Å². The standard InChI is InChI=1S/C17H21N3O3S/c1-12-4-5-13(2)16(10-12)24(21,22)20-9-7-15(11-20)23-17-6-8-18-14(3)19-17/h4-6,8,10,15H,7,9,11H2,1-3H3/t15-/m0/s1. The van der Waals surface area contributed by atoms with Gasteiger partial charge in [-0.25, -0.2) is 13.4 Å². The number of rotatable bonds is 4. The van der Waals surface area contributed by atoms with Crippen LogP contribution in [0.3, 0.4) is 0 Å². The fraction of sp³-hybridized carbons (Fsp3) is 0.412. The Morgan fingerprint density at radius 1 is 1.21 bits per heavy atom. The quantitative estimate of drug-likeness (QED) is 0.848. The fourth-order valence-electron chi connectivity index (χ4n) is 2.81. The lowest BCUT2D eigenvalue weighted by molar-refractivity contribution is 0.206. The number of hydrogen-bond donors (Lipinski definition) is 0. The Kier molecular flexibility index (Phi) is 4.56. The first kappa shape index (κ1) is 16.9. The number of sulfonamides is 1. The topological polar surface area (TPSA) is 72.4 Å². The first-order chi connectivity index (χ1) is 11.4. The molecular weight excluding hydrogens is 326 g/mol. The molecule has 0 unspecified atom stereocenters. The van der Waals surface area contributed by atoms with Gasteiger partial charge in [0.15, 0.2) is 0 Å².